The summed E-state index contributed by atoms with van der Waals surface area (Å²) in [5, 5.41) is 0.169. The minimum Gasteiger partial charge on any atom is -0.471 e. The van der Waals surface area contributed by atoms with E-state index in [1.807, 2.05) is 48.5 Å². The van der Waals surface area contributed by atoms with E-state index in [2.05, 4.69) is 4.98 Å². The third kappa shape index (κ3) is 3.53. The molecule has 1 aromatic heterocycles. The Morgan fingerprint density at radius 3 is 2.24 bits per heavy atom. The first-order chi connectivity index (χ1) is 9.84. The number of halogens is 1. The smallest absolute Gasteiger partial charge is 0.471 e. The zero-order valence-electron chi connectivity index (χ0n) is 14.7. The minimum absolute atomic E-state index is 0.120. The summed E-state index contributed by atoms with van der Waals surface area (Å²) in [4.78, 5) is 4.23. The number of rotatable bonds is 2. The molecule has 1 saturated heterocycles. The zero-order valence-corrected chi connectivity index (χ0v) is 14.5. The van der Waals surface area contributed by atoms with Crippen LogP contribution in [0.15, 0.2) is 12.2 Å². The van der Waals surface area contributed by atoms with E-state index in [1.54, 1.807) is 0 Å². The summed E-state index contributed by atoms with van der Waals surface area (Å²) < 4.78 is 25.8. The van der Waals surface area contributed by atoms with Crippen molar-refractivity contribution >= 4 is 24.2 Å². The third-order valence-corrected chi connectivity index (χ3v) is 3.93. The average Bonchev–Trinajstić information content (AvgIpc) is 2.53. The van der Waals surface area contributed by atoms with Crippen molar-refractivity contribution in [3.63, 3.8) is 0 Å². The van der Waals surface area contributed by atoms with Gasteiger partial charge in [0.2, 0.25) is 5.88 Å². The first kappa shape index (κ1) is 15.1. The lowest BCUT2D eigenvalue weighted by Crippen LogP contribution is -2.41. The van der Waals surface area contributed by atoms with E-state index in [1.165, 1.54) is 6.20 Å². The van der Waals surface area contributed by atoms with Gasteiger partial charge in [0.15, 0.2) is 0 Å². The maximum Gasteiger partial charge on any atom is 0.496 e. The normalized spacial score (nSPS) is 21.3. The number of hydrogen-bond acceptors (Lipinski definition) is 4. The SMILES string of the molecule is [2H]c1c(B2OC(C)(C)C(C)(C)O2)cnc(OC(C)(C)C)c1Cl. The fourth-order valence-corrected chi connectivity index (χ4v) is 2.04. The highest BCUT2D eigenvalue weighted by molar-refractivity contribution is 6.62. The van der Waals surface area contributed by atoms with Gasteiger partial charge in [-0.2, -0.15) is 0 Å². The van der Waals surface area contributed by atoms with Gasteiger partial charge in [-0.05, 0) is 54.5 Å². The van der Waals surface area contributed by atoms with Gasteiger partial charge in [0, 0.05) is 11.7 Å². The molecule has 1 aliphatic heterocycles. The molecule has 0 unspecified atom stereocenters. The molecule has 1 aliphatic rings. The second-order valence-corrected chi connectivity index (χ2v) is 7.64. The van der Waals surface area contributed by atoms with Gasteiger partial charge in [-0.15, -0.1) is 0 Å². The second kappa shape index (κ2) is 5.15. The highest BCUT2D eigenvalue weighted by Crippen LogP contribution is 2.36. The minimum atomic E-state index is -0.661. The van der Waals surface area contributed by atoms with Crippen molar-refractivity contribution in [3.05, 3.63) is 17.3 Å². The third-order valence-electron chi connectivity index (χ3n) is 3.67. The Morgan fingerprint density at radius 2 is 1.76 bits per heavy atom. The van der Waals surface area contributed by atoms with Gasteiger partial charge < -0.3 is 14.0 Å². The van der Waals surface area contributed by atoms with Gasteiger partial charge in [-0.3, -0.25) is 0 Å². The zero-order chi connectivity index (χ0) is 16.9. The van der Waals surface area contributed by atoms with Gasteiger partial charge in [-0.1, -0.05) is 11.6 Å². The lowest BCUT2D eigenvalue weighted by atomic mass is 9.80. The predicted octanol–water partition coefficient (Wildman–Crippen LogP) is 3.21. The summed E-state index contributed by atoms with van der Waals surface area (Å²) in [6.07, 6.45) is 1.54. The van der Waals surface area contributed by atoms with Crippen LogP contribution in [0.4, 0.5) is 0 Å². The molecule has 0 radical (unpaired) electrons. The largest absolute Gasteiger partial charge is 0.496 e. The lowest BCUT2D eigenvalue weighted by molar-refractivity contribution is 0.00578. The van der Waals surface area contributed by atoms with Crippen molar-refractivity contribution in [1.29, 1.82) is 0 Å². The quantitative estimate of drug-likeness (QED) is 0.786. The number of hydrogen-bond donors (Lipinski definition) is 0. The van der Waals surface area contributed by atoms with Gasteiger partial charge >= 0.3 is 7.12 Å². The van der Waals surface area contributed by atoms with E-state index in [9.17, 15) is 0 Å². The Hall–Kier alpha value is -0.775. The molecule has 4 nitrogen and oxygen atoms in total. The molecular formula is C15H23BClNO3. The monoisotopic (exact) mass is 312 g/mol. The Labute approximate surface area is 133 Å². The summed E-state index contributed by atoms with van der Waals surface area (Å²) >= 11 is 6.24. The first-order valence-electron chi connectivity index (χ1n) is 7.54. The van der Waals surface area contributed by atoms with Crippen molar-refractivity contribution in [2.75, 3.05) is 0 Å². The van der Waals surface area contributed by atoms with Gasteiger partial charge in [0.25, 0.3) is 0 Å². The topological polar surface area (TPSA) is 40.6 Å². The number of nitrogens with zero attached hydrogens (tertiary/aromatic N) is 1. The Kier molecular flexibility index (Phi) is 3.71. The maximum absolute atomic E-state index is 8.26. The van der Waals surface area contributed by atoms with Crippen LogP contribution in [-0.4, -0.2) is 28.9 Å². The highest BCUT2D eigenvalue weighted by Gasteiger charge is 2.51. The lowest BCUT2D eigenvalue weighted by Gasteiger charge is -2.32. The van der Waals surface area contributed by atoms with Crippen LogP contribution in [0, 0.1) is 0 Å². The number of ether oxygens (including phenoxy) is 1. The van der Waals surface area contributed by atoms with Gasteiger partial charge in [0.1, 0.15) is 10.6 Å². The fourth-order valence-electron chi connectivity index (χ4n) is 1.85. The van der Waals surface area contributed by atoms with Crippen molar-refractivity contribution in [3.8, 4) is 5.88 Å². The van der Waals surface area contributed by atoms with Gasteiger partial charge in [0.05, 0.1) is 12.6 Å². The summed E-state index contributed by atoms with van der Waals surface area (Å²) in [6.45, 7) is 13.5. The van der Waals surface area contributed by atoms with E-state index in [0.717, 1.165) is 0 Å². The van der Waals surface area contributed by atoms with E-state index in [0.29, 0.717) is 5.46 Å². The van der Waals surface area contributed by atoms with Gasteiger partial charge in [-0.25, -0.2) is 4.98 Å². The molecule has 116 valence electrons. The molecule has 0 N–H and O–H groups in total. The van der Waals surface area contributed by atoms with Crippen LogP contribution < -0.4 is 10.2 Å². The molecule has 0 aliphatic carbocycles. The average molecular weight is 313 g/mol. The first-order valence-corrected chi connectivity index (χ1v) is 7.41. The van der Waals surface area contributed by atoms with E-state index in [-0.39, 0.29) is 16.9 Å². The predicted molar refractivity (Wildman–Crippen MR) is 85.3 cm³/mol. The Bertz CT molecular complexity index is 571. The van der Waals surface area contributed by atoms with Crippen molar-refractivity contribution < 1.29 is 15.4 Å². The summed E-state index contributed by atoms with van der Waals surface area (Å²) in [5.74, 6) is 0.249. The molecule has 0 amide bonds. The summed E-state index contributed by atoms with van der Waals surface area (Å²) in [5.41, 5.74) is -0.881. The maximum atomic E-state index is 8.26. The molecule has 0 atom stereocenters. The highest BCUT2D eigenvalue weighted by atomic mass is 35.5. The van der Waals surface area contributed by atoms with Crippen LogP contribution >= 0.6 is 11.6 Å². The van der Waals surface area contributed by atoms with Crippen LogP contribution in [-0.2, 0) is 9.31 Å². The molecule has 0 bridgehead atoms. The molecule has 1 fully saturated rings. The van der Waals surface area contributed by atoms with Crippen LogP contribution in [0.3, 0.4) is 0 Å². The molecule has 2 rings (SSSR count). The molecule has 0 aromatic carbocycles. The molecule has 0 saturated carbocycles. The molecule has 6 heteroatoms. The van der Waals surface area contributed by atoms with Crippen molar-refractivity contribution in [1.82, 2.24) is 4.98 Å². The van der Waals surface area contributed by atoms with Crippen LogP contribution in [0.1, 0.15) is 49.8 Å². The molecule has 0 spiro atoms. The van der Waals surface area contributed by atoms with E-state index in [4.69, 9.17) is 27.0 Å². The summed E-state index contributed by atoms with van der Waals surface area (Å²) in [7, 11) is -0.661. The standard InChI is InChI=1S/C15H23BClNO3/c1-13(2,3)19-12-11(17)8-10(9-18-12)16-20-14(4,5)15(6,7)21-16/h8-9H,1-7H3/i8D. The van der Waals surface area contributed by atoms with Crippen LogP contribution in [0.25, 0.3) is 0 Å². The second-order valence-electron chi connectivity index (χ2n) is 7.26. The van der Waals surface area contributed by atoms with Crippen molar-refractivity contribution in [2.24, 2.45) is 0 Å². The fraction of sp³-hybridized carbons (Fsp3) is 0.667. The molecule has 21 heavy (non-hydrogen) atoms. The summed E-state index contributed by atoms with van der Waals surface area (Å²) in [6, 6.07) is 0.120. The van der Waals surface area contributed by atoms with E-state index < -0.39 is 23.9 Å². The van der Waals surface area contributed by atoms with E-state index >= 15 is 0 Å². The Morgan fingerprint density at radius 1 is 1.24 bits per heavy atom. The Balaban J connectivity index is 2.34. The molecule has 2 heterocycles. The molecular weight excluding hydrogens is 288 g/mol. The number of aromatic nitrogens is 1. The molecule has 1 aromatic rings. The van der Waals surface area contributed by atoms with Crippen LogP contribution in [0.2, 0.25) is 5.02 Å². The van der Waals surface area contributed by atoms with Crippen molar-refractivity contribution in [2.45, 2.75) is 65.3 Å². The van der Waals surface area contributed by atoms with Crippen LogP contribution in [0.5, 0.6) is 5.88 Å². The number of pyridine rings is 1.